The number of carbonyl (C=O) groups excluding carboxylic acids is 1. The Morgan fingerprint density at radius 1 is 1.16 bits per heavy atom. The summed E-state index contributed by atoms with van der Waals surface area (Å²) in [6.07, 6.45) is 0. The van der Waals surface area contributed by atoms with Crippen LogP contribution in [0.1, 0.15) is 10.4 Å². The minimum absolute atomic E-state index is 0.0208. The molecule has 126 valence electrons. The number of nitro benzene ring substituents is 1. The lowest BCUT2D eigenvalue weighted by molar-refractivity contribution is -0.384. The molecule has 3 rings (SSSR count). The highest BCUT2D eigenvalue weighted by Gasteiger charge is 2.11. The topological polar surface area (TPSA) is 98.3 Å². The molecular weight excluding hydrogens is 346 g/mol. The average Bonchev–Trinajstić information content (AvgIpc) is 3.09. The van der Waals surface area contributed by atoms with E-state index in [4.69, 9.17) is 16.1 Å². The average molecular weight is 358 g/mol. The molecule has 0 saturated carbocycles. The molecular formula is C17H12ClN3O4. The zero-order valence-electron chi connectivity index (χ0n) is 12.8. The van der Waals surface area contributed by atoms with E-state index in [1.807, 2.05) is 12.1 Å². The molecule has 25 heavy (non-hydrogen) atoms. The molecule has 0 fully saturated rings. The van der Waals surface area contributed by atoms with E-state index in [-0.39, 0.29) is 18.0 Å². The monoisotopic (exact) mass is 357 g/mol. The Hall–Kier alpha value is -3.19. The van der Waals surface area contributed by atoms with Gasteiger partial charge in [0.25, 0.3) is 5.69 Å². The molecule has 0 bridgehead atoms. The van der Waals surface area contributed by atoms with Gasteiger partial charge in [0.1, 0.15) is 5.69 Å². The van der Waals surface area contributed by atoms with Crippen LogP contribution in [0.5, 0.6) is 0 Å². The smallest absolute Gasteiger partial charge is 0.269 e. The van der Waals surface area contributed by atoms with Crippen LogP contribution >= 0.6 is 11.6 Å². The zero-order chi connectivity index (χ0) is 17.8. The Kier molecular flexibility index (Phi) is 4.76. The van der Waals surface area contributed by atoms with Crippen molar-refractivity contribution in [3.05, 3.63) is 75.3 Å². The number of benzene rings is 2. The fraction of sp³-hybridized carbons (Fsp3) is 0.0588. The van der Waals surface area contributed by atoms with Crippen LogP contribution in [0.3, 0.4) is 0 Å². The first-order valence-electron chi connectivity index (χ1n) is 7.27. The van der Waals surface area contributed by atoms with Crippen molar-refractivity contribution in [1.82, 2.24) is 5.16 Å². The van der Waals surface area contributed by atoms with Gasteiger partial charge in [-0.15, -0.1) is 0 Å². The molecule has 3 aromatic rings. The van der Waals surface area contributed by atoms with Crippen molar-refractivity contribution >= 4 is 29.0 Å². The Bertz CT molecular complexity index is 904. The van der Waals surface area contributed by atoms with Crippen LogP contribution in [0.25, 0.3) is 11.3 Å². The van der Waals surface area contributed by atoms with Crippen molar-refractivity contribution in [2.45, 2.75) is 0 Å². The number of aromatic nitrogens is 1. The number of non-ortho nitro benzene ring substituents is 1. The van der Waals surface area contributed by atoms with Gasteiger partial charge in [0, 0.05) is 34.3 Å². The maximum absolute atomic E-state index is 12.1. The zero-order valence-corrected chi connectivity index (χ0v) is 13.6. The van der Waals surface area contributed by atoms with E-state index in [9.17, 15) is 14.9 Å². The summed E-state index contributed by atoms with van der Waals surface area (Å²) in [5.74, 6) is 0.125. The first-order chi connectivity index (χ1) is 12.0. The summed E-state index contributed by atoms with van der Waals surface area (Å²) in [6, 6.07) is 14.2. The number of hydrogen-bond donors (Lipinski definition) is 1. The van der Waals surface area contributed by atoms with Gasteiger partial charge >= 0.3 is 0 Å². The van der Waals surface area contributed by atoms with Crippen LogP contribution in [-0.4, -0.2) is 22.4 Å². The van der Waals surface area contributed by atoms with Crippen LogP contribution < -0.4 is 5.32 Å². The van der Waals surface area contributed by atoms with E-state index in [1.54, 1.807) is 18.2 Å². The van der Waals surface area contributed by atoms with Crippen molar-refractivity contribution in [2.24, 2.45) is 0 Å². The third kappa shape index (κ3) is 4.02. The van der Waals surface area contributed by atoms with Crippen molar-refractivity contribution in [2.75, 3.05) is 11.9 Å². The number of Topliss-reactive ketones (excluding diaryl/α,β-unsaturated/α-hetero) is 1. The normalized spacial score (nSPS) is 10.4. The van der Waals surface area contributed by atoms with Gasteiger partial charge in [-0.3, -0.25) is 14.9 Å². The number of nitrogens with zero attached hydrogens (tertiary/aromatic N) is 2. The predicted molar refractivity (Wildman–Crippen MR) is 92.9 cm³/mol. The molecule has 8 heteroatoms. The van der Waals surface area contributed by atoms with E-state index in [0.717, 1.165) is 5.56 Å². The molecule has 0 aliphatic rings. The molecule has 2 aromatic carbocycles. The van der Waals surface area contributed by atoms with Gasteiger partial charge < -0.3 is 9.84 Å². The number of hydrogen-bond acceptors (Lipinski definition) is 6. The third-order valence-electron chi connectivity index (χ3n) is 3.47. The van der Waals surface area contributed by atoms with Gasteiger partial charge in [0.05, 0.1) is 11.5 Å². The summed E-state index contributed by atoms with van der Waals surface area (Å²) in [5.41, 5.74) is 1.76. The number of ketones is 1. The molecule has 0 atom stereocenters. The summed E-state index contributed by atoms with van der Waals surface area (Å²) in [7, 11) is 0. The minimum Gasteiger partial charge on any atom is -0.347 e. The molecule has 0 saturated heterocycles. The lowest BCUT2D eigenvalue weighted by atomic mass is 10.1. The second kappa shape index (κ2) is 7.14. The quantitative estimate of drug-likeness (QED) is 0.403. The van der Waals surface area contributed by atoms with E-state index in [2.05, 4.69) is 10.5 Å². The third-order valence-corrected chi connectivity index (χ3v) is 3.73. The van der Waals surface area contributed by atoms with E-state index >= 15 is 0 Å². The summed E-state index contributed by atoms with van der Waals surface area (Å²) >= 11 is 5.84. The maximum Gasteiger partial charge on any atom is 0.269 e. The molecule has 7 nitrogen and oxygen atoms in total. The maximum atomic E-state index is 12.1. The van der Waals surface area contributed by atoms with Gasteiger partial charge in [-0.05, 0) is 24.3 Å². The Balaban J connectivity index is 1.62. The highest BCUT2D eigenvalue weighted by Crippen LogP contribution is 2.23. The summed E-state index contributed by atoms with van der Waals surface area (Å²) in [5, 5.41) is 18.0. The van der Waals surface area contributed by atoms with Crippen LogP contribution in [0.2, 0.25) is 5.02 Å². The van der Waals surface area contributed by atoms with Crippen molar-refractivity contribution in [3.63, 3.8) is 0 Å². The summed E-state index contributed by atoms with van der Waals surface area (Å²) in [6.45, 7) is -0.0208. The van der Waals surface area contributed by atoms with Crippen molar-refractivity contribution in [1.29, 1.82) is 0 Å². The number of halogens is 1. The van der Waals surface area contributed by atoms with Crippen LogP contribution in [0.4, 0.5) is 11.6 Å². The van der Waals surface area contributed by atoms with Gasteiger partial charge in [-0.25, -0.2) is 0 Å². The SMILES string of the molecule is O=C(CNc1cc(-c2ccc(Cl)cc2)no1)c1ccc([N+](=O)[O-])cc1. The van der Waals surface area contributed by atoms with Crippen LogP contribution in [0.15, 0.2) is 59.1 Å². The number of nitro groups is 1. The fourth-order valence-electron chi connectivity index (χ4n) is 2.15. The van der Waals surface area contributed by atoms with E-state index in [1.165, 1.54) is 24.3 Å². The molecule has 0 aliphatic carbocycles. The van der Waals surface area contributed by atoms with Gasteiger partial charge in [0.15, 0.2) is 5.78 Å². The van der Waals surface area contributed by atoms with Crippen molar-refractivity contribution < 1.29 is 14.2 Å². The largest absolute Gasteiger partial charge is 0.347 e. The Morgan fingerprint density at radius 3 is 2.48 bits per heavy atom. The van der Waals surface area contributed by atoms with E-state index < -0.39 is 4.92 Å². The van der Waals surface area contributed by atoms with Crippen LogP contribution in [-0.2, 0) is 0 Å². The number of nitrogens with one attached hydrogen (secondary N) is 1. The lowest BCUT2D eigenvalue weighted by Gasteiger charge is -2.01. The second-order valence-electron chi connectivity index (χ2n) is 5.16. The minimum atomic E-state index is -0.515. The lowest BCUT2D eigenvalue weighted by Crippen LogP contribution is -2.13. The highest BCUT2D eigenvalue weighted by molar-refractivity contribution is 6.30. The molecule has 1 N–H and O–H groups in total. The first kappa shape index (κ1) is 16.7. The molecule has 0 unspecified atom stereocenters. The first-order valence-corrected chi connectivity index (χ1v) is 7.65. The molecule has 0 amide bonds. The highest BCUT2D eigenvalue weighted by atomic mass is 35.5. The number of anilines is 1. The van der Waals surface area contributed by atoms with Crippen molar-refractivity contribution in [3.8, 4) is 11.3 Å². The molecule has 0 aliphatic heterocycles. The van der Waals surface area contributed by atoms with Gasteiger partial charge in [-0.1, -0.05) is 28.9 Å². The molecule has 0 radical (unpaired) electrons. The Morgan fingerprint density at radius 2 is 1.84 bits per heavy atom. The fourth-order valence-corrected chi connectivity index (χ4v) is 2.28. The summed E-state index contributed by atoms with van der Waals surface area (Å²) < 4.78 is 5.15. The summed E-state index contributed by atoms with van der Waals surface area (Å²) in [4.78, 5) is 22.2. The number of rotatable bonds is 6. The van der Waals surface area contributed by atoms with Crippen LogP contribution in [0, 0.1) is 10.1 Å². The van der Waals surface area contributed by atoms with E-state index in [0.29, 0.717) is 22.2 Å². The second-order valence-corrected chi connectivity index (χ2v) is 5.60. The Labute approximate surface area is 147 Å². The molecule has 1 heterocycles. The standard InChI is InChI=1S/C17H12ClN3O4/c18-13-5-1-11(2-6-13)15-9-17(25-20-15)19-10-16(22)12-3-7-14(8-4-12)21(23)24/h1-9,19H,10H2. The van der Waals surface area contributed by atoms with Gasteiger partial charge in [-0.2, -0.15) is 0 Å². The number of carbonyl (C=O) groups is 1. The predicted octanol–water partition coefficient (Wildman–Crippen LogP) is 4.20. The molecule has 1 aromatic heterocycles. The molecule has 0 spiro atoms. The van der Waals surface area contributed by atoms with Gasteiger partial charge in [0.2, 0.25) is 5.88 Å².